The predicted octanol–water partition coefficient (Wildman–Crippen LogP) is 2.64. The fraction of sp³-hybridized carbons (Fsp3) is 0.562. The number of benzene rings is 1. The van der Waals surface area contributed by atoms with E-state index in [2.05, 4.69) is 12.2 Å². The van der Waals surface area contributed by atoms with Gasteiger partial charge in [0.1, 0.15) is 0 Å². The zero-order chi connectivity index (χ0) is 14.5. The van der Waals surface area contributed by atoms with E-state index < -0.39 is 0 Å². The van der Waals surface area contributed by atoms with Gasteiger partial charge in [-0.15, -0.1) is 0 Å². The summed E-state index contributed by atoms with van der Waals surface area (Å²) in [6, 6.07) is 5.33. The lowest BCUT2D eigenvalue weighted by atomic mass is 9.87. The van der Waals surface area contributed by atoms with E-state index >= 15 is 0 Å². The zero-order valence-electron chi connectivity index (χ0n) is 12.2. The van der Waals surface area contributed by atoms with Crippen LogP contribution in [0.5, 0.6) is 11.5 Å². The Morgan fingerprint density at radius 3 is 2.70 bits per heavy atom. The van der Waals surface area contributed by atoms with Crippen molar-refractivity contribution in [3.8, 4) is 11.5 Å². The van der Waals surface area contributed by atoms with E-state index in [4.69, 9.17) is 4.74 Å². The molecule has 0 aromatic heterocycles. The number of phenolic OH excluding ortho intramolecular Hbond substituents is 1. The molecule has 4 heteroatoms. The van der Waals surface area contributed by atoms with E-state index in [-0.39, 0.29) is 11.7 Å². The van der Waals surface area contributed by atoms with Crippen molar-refractivity contribution in [2.75, 3.05) is 7.11 Å². The minimum absolute atomic E-state index is 0.0392. The van der Waals surface area contributed by atoms with Crippen LogP contribution in [0.1, 0.15) is 38.2 Å². The van der Waals surface area contributed by atoms with Crippen LogP contribution in [0.15, 0.2) is 18.2 Å². The molecular weight excluding hydrogens is 254 g/mol. The standard InChI is InChI=1S/C16H23NO3/c1-11-3-6-13(7-4-11)17-16(19)10-12-5-8-14(18)15(9-12)20-2/h5,8-9,11,13,18H,3-4,6-7,10H2,1-2H3,(H,17,19). The zero-order valence-corrected chi connectivity index (χ0v) is 12.2. The molecule has 110 valence electrons. The summed E-state index contributed by atoms with van der Waals surface area (Å²) in [6.45, 7) is 2.26. The largest absolute Gasteiger partial charge is 0.504 e. The highest BCUT2D eigenvalue weighted by Gasteiger charge is 2.19. The normalized spacial score (nSPS) is 22.3. The average molecular weight is 277 g/mol. The van der Waals surface area contributed by atoms with Crippen molar-refractivity contribution in [2.45, 2.75) is 45.1 Å². The third-order valence-electron chi connectivity index (χ3n) is 3.99. The number of rotatable bonds is 4. The fourth-order valence-electron chi connectivity index (χ4n) is 2.70. The summed E-state index contributed by atoms with van der Waals surface area (Å²) in [5.74, 6) is 1.32. The Kier molecular flexibility index (Phi) is 4.88. The fourth-order valence-corrected chi connectivity index (χ4v) is 2.70. The molecule has 1 aliphatic carbocycles. The first-order chi connectivity index (χ1) is 9.58. The quantitative estimate of drug-likeness (QED) is 0.889. The van der Waals surface area contributed by atoms with Crippen LogP contribution in [0.2, 0.25) is 0 Å². The molecule has 4 nitrogen and oxygen atoms in total. The van der Waals surface area contributed by atoms with Gasteiger partial charge in [0.15, 0.2) is 11.5 Å². The summed E-state index contributed by atoms with van der Waals surface area (Å²) in [4.78, 5) is 12.0. The minimum Gasteiger partial charge on any atom is -0.504 e. The Hall–Kier alpha value is -1.71. The van der Waals surface area contributed by atoms with Gasteiger partial charge in [0, 0.05) is 6.04 Å². The molecule has 0 radical (unpaired) electrons. The van der Waals surface area contributed by atoms with Gasteiger partial charge in [-0.2, -0.15) is 0 Å². The van der Waals surface area contributed by atoms with Crippen LogP contribution in [-0.2, 0) is 11.2 Å². The molecule has 0 heterocycles. The van der Waals surface area contributed by atoms with Crippen molar-refractivity contribution in [2.24, 2.45) is 5.92 Å². The Morgan fingerprint density at radius 1 is 1.35 bits per heavy atom. The van der Waals surface area contributed by atoms with Gasteiger partial charge in [-0.05, 0) is 49.3 Å². The highest BCUT2D eigenvalue weighted by atomic mass is 16.5. The number of carbonyl (C=O) groups is 1. The molecule has 0 aliphatic heterocycles. The first-order valence-corrected chi connectivity index (χ1v) is 7.23. The molecule has 1 aromatic rings. The van der Waals surface area contributed by atoms with Crippen LogP contribution >= 0.6 is 0 Å². The molecular formula is C16H23NO3. The summed E-state index contributed by atoms with van der Waals surface area (Å²) < 4.78 is 5.05. The van der Waals surface area contributed by atoms with E-state index in [1.165, 1.54) is 20.0 Å². The van der Waals surface area contributed by atoms with Crippen molar-refractivity contribution in [1.82, 2.24) is 5.32 Å². The third-order valence-corrected chi connectivity index (χ3v) is 3.99. The minimum atomic E-state index is 0.0392. The molecule has 2 N–H and O–H groups in total. The topological polar surface area (TPSA) is 58.6 Å². The lowest BCUT2D eigenvalue weighted by Crippen LogP contribution is -2.38. The van der Waals surface area contributed by atoms with Crippen LogP contribution in [0.4, 0.5) is 0 Å². The van der Waals surface area contributed by atoms with Gasteiger partial charge in [0.2, 0.25) is 5.91 Å². The lowest BCUT2D eigenvalue weighted by molar-refractivity contribution is -0.121. The van der Waals surface area contributed by atoms with Gasteiger partial charge in [0.05, 0.1) is 13.5 Å². The first-order valence-electron chi connectivity index (χ1n) is 7.23. The molecule has 1 fully saturated rings. The predicted molar refractivity (Wildman–Crippen MR) is 77.9 cm³/mol. The van der Waals surface area contributed by atoms with Gasteiger partial charge < -0.3 is 15.2 Å². The first kappa shape index (κ1) is 14.7. The van der Waals surface area contributed by atoms with Gasteiger partial charge in [-0.25, -0.2) is 0 Å². The van der Waals surface area contributed by atoms with Crippen LogP contribution < -0.4 is 10.1 Å². The number of nitrogens with one attached hydrogen (secondary N) is 1. The molecule has 1 saturated carbocycles. The number of ether oxygens (including phenoxy) is 1. The summed E-state index contributed by atoms with van der Waals surface area (Å²) in [7, 11) is 1.50. The number of phenols is 1. The van der Waals surface area contributed by atoms with Crippen LogP contribution in [0.25, 0.3) is 0 Å². The van der Waals surface area contributed by atoms with Crippen molar-refractivity contribution in [1.29, 1.82) is 0 Å². The van der Waals surface area contributed by atoms with Crippen molar-refractivity contribution < 1.29 is 14.6 Å². The lowest BCUT2D eigenvalue weighted by Gasteiger charge is -2.26. The summed E-state index contributed by atoms with van der Waals surface area (Å²) in [5, 5.41) is 12.6. The molecule has 1 amide bonds. The SMILES string of the molecule is COc1cc(CC(=O)NC2CCC(C)CC2)ccc1O. The monoisotopic (exact) mass is 277 g/mol. The molecule has 0 atom stereocenters. The number of aromatic hydroxyl groups is 1. The van der Waals surface area contributed by atoms with Crippen LogP contribution in [0, 0.1) is 5.92 Å². The van der Waals surface area contributed by atoms with Crippen molar-refractivity contribution in [3.63, 3.8) is 0 Å². The molecule has 1 aromatic carbocycles. The molecule has 2 rings (SSSR count). The second-order valence-electron chi connectivity index (χ2n) is 5.71. The number of amides is 1. The number of hydrogen-bond acceptors (Lipinski definition) is 3. The van der Waals surface area contributed by atoms with E-state index in [0.29, 0.717) is 18.2 Å². The second kappa shape index (κ2) is 6.64. The highest BCUT2D eigenvalue weighted by Crippen LogP contribution is 2.27. The van der Waals surface area contributed by atoms with Crippen molar-refractivity contribution >= 4 is 5.91 Å². The number of carbonyl (C=O) groups excluding carboxylic acids is 1. The average Bonchev–Trinajstić information content (AvgIpc) is 2.43. The van der Waals surface area contributed by atoms with E-state index in [1.54, 1.807) is 18.2 Å². The van der Waals surface area contributed by atoms with E-state index in [9.17, 15) is 9.90 Å². The number of hydrogen-bond donors (Lipinski definition) is 2. The Morgan fingerprint density at radius 2 is 2.05 bits per heavy atom. The molecule has 20 heavy (non-hydrogen) atoms. The highest BCUT2D eigenvalue weighted by molar-refractivity contribution is 5.79. The Balaban J connectivity index is 1.88. The summed E-state index contributed by atoms with van der Waals surface area (Å²) >= 11 is 0. The molecule has 0 unspecified atom stereocenters. The Bertz CT molecular complexity index is 465. The van der Waals surface area contributed by atoms with Gasteiger partial charge in [-0.3, -0.25) is 4.79 Å². The third kappa shape index (κ3) is 3.89. The van der Waals surface area contributed by atoms with Crippen molar-refractivity contribution in [3.05, 3.63) is 23.8 Å². The van der Waals surface area contributed by atoms with Crippen LogP contribution in [-0.4, -0.2) is 24.2 Å². The maximum atomic E-state index is 12.0. The molecule has 0 bridgehead atoms. The molecule has 0 saturated heterocycles. The second-order valence-corrected chi connectivity index (χ2v) is 5.71. The maximum Gasteiger partial charge on any atom is 0.224 e. The smallest absolute Gasteiger partial charge is 0.224 e. The van der Waals surface area contributed by atoms with Gasteiger partial charge in [0.25, 0.3) is 0 Å². The van der Waals surface area contributed by atoms with Gasteiger partial charge in [-0.1, -0.05) is 13.0 Å². The van der Waals surface area contributed by atoms with E-state index in [1.807, 2.05) is 0 Å². The molecule has 0 spiro atoms. The van der Waals surface area contributed by atoms with E-state index in [0.717, 1.165) is 24.3 Å². The van der Waals surface area contributed by atoms with Gasteiger partial charge >= 0.3 is 0 Å². The Labute approximate surface area is 120 Å². The number of methoxy groups -OCH3 is 1. The maximum absolute atomic E-state index is 12.0. The molecule has 1 aliphatic rings. The van der Waals surface area contributed by atoms with Crippen LogP contribution in [0.3, 0.4) is 0 Å². The summed E-state index contributed by atoms with van der Waals surface area (Å²) in [6.07, 6.45) is 4.86. The summed E-state index contributed by atoms with van der Waals surface area (Å²) in [5.41, 5.74) is 0.848.